The van der Waals surface area contributed by atoms with E-state index < -0.39 is 0 Å². The zero-order chi connectivity index (χ0) is 21.8. The number of hydrogen-bond donors (Lipinski definition) is 0. The number of quaternary nitrogens is 1. The summed E-state index contributed by atoms with van der Waals surface area (Å²) in [6.45, 7) is 0. The van der Waals surface area contributed by atoms with Crippen molar-refractivity contribution in [1.82, 2.24) is 14.3 Å². The number of benzene rings is 2. The van der Waals surface area contributed by atoms with Crippen LogP contribution in [0.5, 0.6) is 23.0 Å². The van der Waals surface area contributed by atoms with E-state index in [1.807, 2.05) is 18.3 Å². The number of ether oxygens (including phenoxy) is 2. The maximum atomic E-state index is 6.59. The third-order valence-corrected chi connectivity index (χ3v) is 7.66. The number of rotatable bonds is 0. The molecule has 4 aliphatic rings. The van der Waals surface area contributed by atoms with Crippen LogP contribution in [0.15, 0.2) is 85.5 Å². The average molecular weight is 440 g/mol. The second-order valence-corrected chi connectivity index (χ2v) is 9.11. The van der Waals surface area contributed by atoms with Gasteiger partial charge in [0.15, 0.2) is 29.0 Å². The van der Waals surface area contributed by atoms with Gasteiger partial charge in [-0.25, -0.2) is 0 Å². The number of hydrogen-bond acceptors (Lipinski definition) is 3. The van der Waals surface area contributed by atoms with Gasteiger partial charge >= 0.3 is 11.3 Å². The lowest BCUT2D eigenvalue weighted by Crippen LogP contribution is -2.84. The number of para-hydroxylation sites is 1. The lowest BCUT2D eigenvalue weighted by molar-refractivity contribution is -1.02. The van der Waals surface area contributed by atoms with E-state index in [2.05, 4.69) is 79.8 Å². The zero-order valence-corrected chi connectivity index (χ0v) is 17.6. The molecule has 1 spiro atoms. The van der Waals surface area contributed by atoms with Crippen molar-refractivity contribution in [3.63, 3.8) is 0 Å². The molecule has 0 fully saturated rings. The van der Waals surface area contributed by atoms with E-state index in [0.717, 1.165) is 73.3 Å². The molecule has 0 bridgehead atoms. The normalized spacial score (nSPS) is 18.6. The highest BCUT2D eigenvalue weighted by atomic mass is 16.5. The van der Waals surface area contributed by atoms with Crippen LogP contribution in [-0.4, -0.2) is 9.55 Å². The van der Waals surface area contributed by atoms with E-state index >= 15 is 0 Å². The van der Waals surface area contributed by atoms with Crippen molar-refractivity contribution in [2.24, 2.45) is 0 Å². The highest BCUT2D eigenvalue weighted by Gasteiger charge is 2.70. The molecule has 10 rings (SSSR count). The molecule has 0 N–H and O–H groups in total. The van der Waals surface area contributed by atoms with E-state index in [9.17, 15) is 0 Å². The lowest BCUT2D eigenvalue weighted by Gasteiger charge is -2.33. The molecule has 0 amide bonds. The van der Waals surface area contributed by atoms with Crippen molar-refractivity contribution >= 4 is 33.3 Å². The largest absolute Gasteiger partial charge is 0.446 e. The van der Waals surface area contributed by atoms with E-state index in [0.29, 0.717) is 4.70 Å². The predicted octanol–water partition coefficient (Wildman–Crippen LogP) is 4.82. The summed E-state index contributed by atoms with van der Waals surface area (Å²) in [7, 11) is 0. The van der Waals surface area contributed by atoms with Gasteiger partial charge in [-0.3, -0.25) is 4.98 Å². The quantitative estimate of drug-likeness (QED) is 0.251. The van der Waals surface area contributed by atoms with Crippen molar-refractivity contribution < 1.29 is 18.8 Å². The summed E-state index contributed by atoms with van der Waals surface area (Å²) in [5, 5.41) is 2.22. The Morgan fingerprint density at radius 1 is 0.706 bits per heavy atom. The fourth-order valence-electron chi connectivity index (χ4n) is 6.56. The Morgan fingerprint density at radius 2 is 1.59 bits per heavy atom. The van der Waals surface area contributed by atoms with E-state index in [-0.39, 0.29) is 0 Å². The Hall–Kier alpha value is -4.75. The van der Waals surface area contributed by atoms with Crippen molar-refractivity contribution in [3.05, 3.63) is 85.5 Å². The third-order valence-electron chi connectivity index (χ3n) is 7.66. The molecule has 4 aliphatic heterocycles. The SMILES string of the molecule is c1cc2c3c(c1)-c1cccc[n+]1[N+]31c3c(ccc4c3-n3c5c(cncc5c5ccc[n+]1c53)O4)O2. The summed E-state index contributed by atoms with van der Waals surface area (Å²) in [5.41, 5.74) is 7.61. The van der Waals surface area contributed by atoms with Gasteiger partial charge in [0.05, 0.1) is 17.0 Å². The van der Waals surface area contributed by atoms with Gasteiger partial charge in [0.2, 0.25) is 11.9 Å². The summed E-state index contributed by atoms with van der Waals surface area (Å²) in [6.07, 6.45) is 8.08. The highest BCUT2D eigenvalue weighted by Crippen LogP contribution is 2.62. The first-order valence-corrected chi connectivity index (χ1v) is 11.3. The molecule has 0 aliphatic carbocycles. The van der Waals surface area contributed by atoms with Crippen molar-refractivity contribution in [1.29, 1.82) is 0 Å². The lowest BCUT2D eigenvalue weighted by atomic mass is 10.1. The van der Waals surface area contributed by atoms with Gasteiger partial charge < -0.3 is 9.47 Å². The van der Waals surface area contributed by atoms with E-state index in [1.165, 1.54) is 0 Å². The molecular formula is C27H14N5O2+3. The molecular weight excluding hydrogens is 426 g/mol. The summed E-state index contributed by atoms with van der Waals surface area (Å²) in [4.78, 5) is 4.51. The topological polar surface area (TPSA) is 44.0 Å². The fraction of sp³-hybridized carbons (Fsp3) is 0. The van der Waals surface area contributed by atoms with Gasteiger partial charge in [-0.2, -0.15) is 4.57 Å². The molecule has 4 aromatic heterocycles. The molecule has 7 nitrogen and oxygen atoms in total. The van der Waals surface area contributed by atoms with Crippen LogP contribution in [-0.2, 0) is 0 Å². The molecule has 34 heavy (non-hydrogen) atoms. The van der Waals surface area contributed by atoms with E-state index in [1.54, 1.807) is 6.20 Å². The van der Waals surface area contributed by atoms with Gasteiger partial charge in [-0.15, -0.1) is 0 Å². The molecule has 0 saturated heterocycles. The summed E-state index contributed by atoms with van der Waals surface area (Å²) >= 11 is 0. The van der Waals surface area contributed by atoms with Gasteiger partial charge in [0.25, 0.3) is 17.1 Å². The third kappa shape index (κ3) is 1.37. The minimum atomic E-state index is 0.347. The first-order chi connectivity index (χ1) is 16.9. The van der Waals surface area contributed by atoms with Gasteiger partial charge in [-0.05, 0) is 42.5 Å². The molecule has 1 unspecified atom stereocenters. The molecule has 156 valence electrons. The van der Waals surface area contributed by atoms with Crippen LogP contribution in [0, 0.1) is 0 Å². The Balaban J connectivity index is 1.59. The molecule has 6 aromatic rings. The highest BCUT2D eigenvalue weighted by molar-refractivity contribution is 6.11. The molecule has 0 radical (unpaired) electrons. The van der Waals surface area contributed by atoms with Crippen molar-refractivity contribution in [2.75, 3.05) is 0 Å². The fourth-order valence-corrected chi connectivity index (χ4v) is 6.56. The van der Waals surface area contributed by atoms with Crippen LogP contribution < -0.4 is 23.5 Å². The van der Waals surface area contributed by atoms with Crippen LogP contribution in [0.2, 0.25) is 0 Å². The average Bonchev–Trinajstić information content (AvgIpc) is 3.38. The standard InChI is InChI=1S/C27H14N5O2/c1-2-11-29-18(7-1)16-5-3-8-20-25(16)32(29)26-21(34-20)10-9-19-24(26)31-23-17(13-28-14-22(23)33-19)15-6-4-12-30(32)27(15)31/h1-14H/q+3. The van der Waals surface area contributed by atoms with Gasteiger partial charge in [0, 0.05) is 27.7 Å². The van der Waals surface area contributed by atoms with Crippen LogP contribution in [0.4, 0.5) is 11.4 Å². The van der Waals surface area contributed by atoms with Crippen molar-refractivity contribution in [2.45, 2.75) is 0 Å². The summed E-state index contributed by atoms with van der Waals surface area (Å²) in [6, 6.07) is 21.0. The number of fused-ring (bicyclic) bond motifs is 3. The van der Waals surface area contributed by atoms with Crippen LogP contribution in [0.1, 0.15) is 0 Å². The van der Waals surface area contributed by atoms with Crippen LogP contribution in [0.25, 0.3) is 38.9 Å². The Labute approximate surface area is 192 Å². The second kappa shape index (κ2) is 4.78. The first kappa shape index (κ1) is 16.0. The van der Waals surface area contributed by atoms with E-state index in [4.69, 9.17) is 9.47 Å². The minimum absolute atomic E-state index is 0.347. The van der Waals surface area contributed by atoms with Gasteiger partial charge in [0.1, 0.15) is 10.3 Å². The maximum Gasteiger partial charge on any atom is 0.352 e. The molecule has 2 aromatic carbocycles. The van der Waals surface area contributed by atoms with Gasteiger partial charge in [-0.1, -0.05) is 6.07 Å². The Morgan fingerprint density at radius 3 is 2.59 bits per heavy atom. The number of aromatic nitrogens is 4. The summed E-state index contributed by atoms with van der Waals surface area (Å²) in [5.74, 6) is 3.26. The predicted molar refractivity (Wildman–Crippen MR) is 123 cm³/mol. The molecule has 1 atom stereocenters. The molecule has 0 saturated carbocycles. The van der Waals surface area contributed by atoms with Crippen molar-refractivity contribution in [3.8, 4) is 39.9 Å². The molecule has 8 heterocycles. The first-order valence-electron chi connectivity index (χ1n) is 11.3. The number of nitrogens with zero attached hydrogens (tertiary/aromatic N) is 5. The van der Waals surface area contributed by atoms with Crippen LogP contribution in [0.3, 0.4) is 0 Å². The summed E-state index contributed by atoms with van der Waals surface area (Å²) < 4.78 is 20.5. The zero-order valence-electron chi connectivity index (χ0n) is 17.6. The van der Waals surface area contributed by atoms with Crippen LogP contribution >= 0.6 is 0 Å². The second-order valence-electron chi connectivity index (χ2n) is 9.11. The number of pyridine rings is 3. The maximum absolute atomic E-state index is 6.59. The Bertz CT molecular complexity index is 1990. The smallest absolute Gasteiger partial charge is 0.352 e. The Kier molecular flexibility index (Phi) is 2.24. The monoisotopic (exact) mass is 440 g/mol. The molecule has 7 heteroatoms. The minimum Gasteiger partial charge on any atom is -0.446 e.